The minimum absolute atomic E-state index is 0.103. The molecule has 1 N–H and O–H groups in total. The summed E-state index contributed by atoms with van der Waals surface area (Å²) in [5.74, 6) is 0.821. The molecule has 0 aromatic heterocycles. The monoisotopic (exact) mass is 326 g/mol. The van der Waals surface area contributed by atoms with Crippen LogP contribution in [0.4, 0.5) is 0 Å². The Morgan fingerprint density at radius 2 is 2.21 bits per heavy atom. The lowest BCUT2D eigenvalue weighted by Crippen LogP contribution is -2.00. The lowest BCUT2D eigenvalue weighted by molar-refractivity contribution is 0.296. The SMILES string of the molecule is COc1c(CCO)cc(Cl)c(C)c1I. The number of hydrogen-bond donors (Lipinski definition) is 1. The second kappa shape index (κ2) is 5.19. The zero-order valence-corrected chi connectivity index (χ0v) is 11.0. The average Bonchev–Trinajstić information content (AvgIpc) is 2.16. The van der Waals surface area contributed by atoms with Crippen LogP contribution in [0.15, 0.2) is 6.07 Å². The van der Waals surface area contributed by atoms with Crippen molar-refractivity contribution >= 4 is 34.2 Å². The van der Waals surface area contributed by atoms with E-state index in [4.69, 9.17) is 21.4 Å². The summed E-state index contributed by atoms with van der Waals surface area (Å²) in [4.78, 5) is 0. The van der Waals surface area contributed by atoms with Crippen LogP contribution in [0.3, 0.4) is 0 Å². The van der Waals surface area contributed by atoms with Crippen LogP contribution in [-0.4, -0.2) is 18.8 Å². The number of ether oxygens (including phenoxy) is 1. The fourth-order valence-electron chi connectivity index (χ4n) is 1.27. The van der Waals surface area contributed by atoms with Crippen molar-refractivity contribution in [1.29, 1.82) is 0 Å². The third-order valence-corrected chi connectivity index (χ3v) is 3.76. The van der Waals surface area contributed by atoms with Gasteiger partial charge in [0, 0.05) is 11.6 Å². The third kappa shape index (κ3) is 2.32. The molecule has 1 rings (SSSR count). The number of benzene rings is 1. The molecule has 1 aromatic rings. The van der Waals surface area contributed by atoms with E-state index in [1.165, 1.54) is 0 Å². The average molecular weight is 327 g/mol. The van der Waals surface area contributed by atoms with Crippen molar-refractivity contribution in [1.82, 2.24) is 0 Å². The highest BCUT2D eigenvalue weighted by Gasteiger charge is 2.12. The van der Waals surface area contributed by atoms with Crippen molar-refractivity contribution in [3.05, 3.63) is 25.8 Å². The molecule has 78 valence electrons. The van der Waals surface area contributed by atoms with Gasteiger partial charge in [0.05, 0.1) is 10.7 Å². The molecule has 0 aliphatic carbocycles. The van der Waals surface area contributed by atoms with Gasteiger partial charge in [-0.3, -0.25) is 0 Å². The van der Waals surface area contributed by atoms with Gasteiger partial charge in [-0.2, -0.15) is 0 Å². The first-order chi connectivity index (χ1) is 6.61. The highest BCUT2D eigenvalue weighted by molar-refractivity contribution is 14.1. The van der Waals surface area contributed by atoms with E-state index in [1.54, 1.807) is 7.11 Å². The molecule has 0 saturated heterocycles. The first-order valence-corrected chi connectivity index (χ1v) is 5.69. The Morgan fingerprint density at radius 3 is 2.71 bits per heavy atom. The molecular formula is C10H12ClIO2. The number of rotatable bonds is 3. The van der Waals surface area contributed by atoms with Crippen LogP contribution in [-0.2, 0) is 6.42 Å². The molecule has 0 spiro atoms. The normalized spacial score (nSPS) is 10.4. The highest BCUT2D eigenvalue weighted by atomic mass is 127. The summed E-state index contributed by atoms with van der Waals surface area (Å²) >= 11 is 8.25. The number of hydrogen-bond acceptors (Lipinski definition) is 2. The maximum absolute atomic E-state index is 8.89. The Morgan fingerprint density at radius 1 is 1.57 bits per heavy atom. The van der Waals surface area contributed by atoms with Gasteiger partial charge in [0.2, 0.25) is 0 Å². The Balaban J connectivity index is 3.28. The van der Waals surface area contributed by atoms with Crippen LogP contribution in [0.25, 0.3) is 0 Å². The molecule has 0 amide bonds. The molecule has 0 unspecified atom stereocenters. The summed E-state index contributed by atoms with van der Waals surface area (Å²) in [6.07, 6.45) is 0.569. The van der Waals surface area contributed by atoms with Gasteiger partial charge in [-0.15, -0.1) is 0 Å². The fourth-order valence-corrected chi connectivity index (χ4v) is 2.51. The molecule has 4 heteroatoms. The second-order valence-electron chi connectivity index (χ2n) is 2.96. The Labute approximate surface area is 102 Å². The van der Waals surface area contributed by atoms with Crippen LogP contribution in [0.2, 0.25) is 5.02 Å². The quantitative estimate of drug-likeness (QED) is 0.866. The van der Waals surface area contributed by atoms with Crippen molar-refractivity contribution in [2.75, 3.05) is 13.7 Å². The second-order valence-corrected chi connectivity index (χ2v) is 4.45. The molecule has 0 radical (unpaired) electrons. The van der Waals surface area contributed by atoms with E-state index in [1.807, 2.05) is 13.0 Å². The Bertz CT molecular complexity index is 339. The van der Waals surface area contributed by atoms with E-state index >= 15 is 0 Å². The summed E-state index contributed by atoms with van der Waals surface area (Å²) in [7, 11) is 1.63. The number of aliphatic hydroxyl groups excluding tert-OH is 1. The van der Waals surface area contributed by atoms with Gasteiger partial charge in [-0.25, -0.2) is 0 Å². The van der Waals surface area contributed by atoms with Crippen LogP contribution in [0.5, 0.6) is 5.75 Å². The first-order valence-electron chi connectivity index (χ1n) is 4.24. The smallest absolute Gasteiger partial charge is 0.135 e. The van der Waals surface area contributed by atoms with Crippen molar-refractivity contribution in [3.8, 4) is 5.75 Å². The molecule has 0 aliphatic heterocycles. The van der Waals surface area contributed by atoms with Crippen LogP contribution < -0.4 is 4.74 Å². The van der Waals surface area contributed by atoms with Gasteiger partial charge in [0.15, 0.2) is 0 Å². The van der Waals surface area contributed by atoms with Gasteiger partial charge >= 0.3 is 0 Å². The zero-order valence-electron chi connectivity index (χ0n) is 8.10. The summed E-state index contributed by atoms with van der Waals surface area (Å²) < 4.78 is 6.30. The summed E-state index contributed by atoms with van der Waals surface area (Å²) in [5.41, 5.74) is 1.97. The molecule has 2 nitrogen and oxygen atoms in total. The molecule has 0 bridgehead atoms. The minimum Gasteiger partial charge on any atom is -0.495 e. The molecule has 14 heavy (non-hydrogen) atoms. The van der Waals surface area contributed by atoms with E-state index in [2.05, 4.69) is 22.6 Å². The van der Waals surface area contributed by atoms with Crippen molar-refractivity contribution in [3.63, 3.8) is 0 Å². The van der Waals surface area contributed by atoms with E-state index < -0.39 is 0 Å². The first kappa shape index (κ1) is 12.1. The highest BCUT2D eigenvalue weighted by Crippen LogP contribution is 2.33. The van der Waals surface area contributed by atoms with Gasteiger partial charge in [-0.1, -0.05) is 11.6 Å². The summed E-state index contributed by atoms with van der Waals surface area (Å²) in [5, 5.41) is 9.61. The van der Waals surface area contributed by atoms with Crippen molar-refractivity contribution in [2.45, 2.75) is 13.3 Å². The maximum Gasteiger partial charge on any atom is 0.135 e. The van der Waals surface area contributed by atoms with Crippen molar-refractivity contribution in [2.24, 2.45) is 0 Å². The minimum atomic E-state index is 0.103. The van der Waals surface area contributed by atoms with Gasteiger partial charge in [-0.05, 0) is 53.1 Å². The van der Waals surface area contributed by atoms with Crippen LogP contribution in [0.1, 0.15) is 11.1 Å². The van der Waals surface area contributed by atoms with E-state index in [0.29, 0.717) is 6.42 Å². The lowest BCUT2D eigenvalue weighted by atomic mass is 10.1. The predicted molar refractivity (Wildman–Crippen MR) is 66.2 cm³/mol. The standard InChI is InChI=1S/C10H12ClIO2/c1-6-8(11)5-7(3-4-13)10(14-2)9(6)12/h5,13H,3-4H2,1-2H3. The summed E-state index contributed by atoms with van der Waals surface area (Å²) in [6, 6.07) is 1.86. The molecule has 0 saturated carbocycles. The largest absolute Gasteiger partial charge is 0.495 e. The molecule has 0 aliphatic rings. The van der Waals surface area contributed by atoms with Gasteiger partial charge in [0.25, 0.3) is 0 Å². The predicted octanol–water partition coefficient (Wildman–Crippen LogP) is 2.80. The van der Waals surface area contributed by atoms with E-state index in [-0.39, 0.29) is 6.61 Å². The maximum atomic E-state index is 8.89. The van der Waals surface area contributed by atoms with E-state index in [0.717, 1.165) is 25.5 Å². The zero-order chi connectivity index (χ0) is 10.7. The van der Waals surface area contributed by atoms with Crippen LogP contribution in [0, 0.1) is 10.5 Å². The molecule has 0 fully saturated rings. The topological polar surface area (TPSA) is 29.5 Å². The number of methoxy groups -OCH3 is 1. The molecule has 0 atom stereocenters. The molecule has 1 aromatic carbocycles. The fraction of sp³-hybridized carbons (Fsp3) is 0.400. The summed E-state index contributed by atoms with van der Waals surface area (Å²) in [6.45, 7) is 2.06. The third-order valence-electron chi connectivity index (χ3n) is 2.06. The number of halogens is 2. The van der Waals surface area contributed by atoms with Crippen molar-refractivity contribution < 1.29 is 9.84 Å². The molecular weight excluding hydrogens is 314 g/mol. The van der Waals surface area contributed by atoms with Crippen LogP contribution >= 0.6 is 34.2 Å². The van der Waals surface area contributed by atoms with Gasteiger partial charge in [0.1, 0.15) is 5.75 Å². The van der Waals surface area contributed by atoms with Gasteiger partial charge < -0.3 is 9.84 Å². The molecule has 0 heterocycles. The lowest BCUT2D eigenvalue weighted by Gasteiger charge is -2.13. The van der Waals surface area contributed by atoms with E-state index in [9.17, 15) is 0 Å². The number of aliphatic hydroxyl groups is 1. The Kier molecular flexibility index (Phi) is 4.47. The Hall–Kier alpha value is -0.000000000000000111.